The number of ether oxygens (including phenoxy) is 2. The monoisotopic (exact) mass is 483 g/mol. The van der Waals surface area contributed by atoms with Crippen molar-refractivity contribution in [3.8, 4) is 11.5 Å². The van der Waals surface area contributed by atoms with Gasteiger partial charge in [-0.2, -0.15) is 0 Å². The van der Waals surface area contributed by atoms with Crippen LogP contribution in [0, 0.1) is 0 Å². The summed E-state index contributed by atoms with van der Waals surface area (Å²) in [5.41, 5.74) is 4.33. The number of aryl methyl sites for hydroxylation is 1. The normalized spacial score (nSPS) is 19.4. The van der Waals surface area contributed by atoms with E-state index in [-0.39, 0.29) is 30.3 Å². The quantitative estimate of drug-likeness (QED) is 0.599. The molecule has 3 aromatic rings. The summed E-state index contributed by atoms with van der Waals surface area (Å²) in [4.78, 5) is 43.3. The molecule has 2 heterocycles. The lowest BCUT2D eigenvalue weighted by molar-refractivity contribution is -0.123. The third kappa shape index (κ3) is 3.25. The van der Waals surface area contributed by atoms with Crippen LogP contribution in [-0.4, -0.2) is 43.4 Å². The Kier molecular flexibility index (Phi) is 5.17. The number of anilines is 1. The first-order valence-electron chi connectivity index (χ1n) is 11.9. The van der Waals surface area contributed by atoms with Crippen LogP contribution in [0.15, 0.2) is 60.7 Å². The van der Waals surface area contributed by atoms with Gasteiger partial charge in [0.15, 0.2) is 11.5 Å². The maximum absolute atomic E-state index is 13.6. The molecule has 1 aliphatic carbocycles. The fourth-order valence-corrected chi connectivity index (χ4v) is 5.61. The highest BCUT2D eigenvalue weighted by atomic mass is 16.5. The highest BCUT2D eigenvalue weighted by Gasteiger charge is 2.48. The summed E-state index contributed by atoms with van der Waals surface area (Å²) in [7, 11) is 3.18. The van der Waals surface area contributed by atoms with Crippen molar-refractivity contribution < 1.29 is 23.9 Å². The molecule has 0 radical (unpaired) electrons. The third-order valence-corrected chi connectivity index (χ3v) is 7.26. The van der Waals surface area contributed by atoms with Crippen LogP contribution in [0.2, 0.25) is 0 Å². The summed E-state index contributed by atoms with van der Waals surface area (Å²) >= 11 is 0. The van der Waals surface area contributed by atoms with Gasteiger partial charge in [-0.3, -0.25) is 19.3 Å². The van der Waals surface area contributed by atoms with Gasteiger partial charge >= 0.3 is 0 Å². The van der Waals surface area contributed by atoms with Crippen molar-refractivity contribution in [3.05, 3.63) is 88.5 Å². The average Bonchev–Trinajstić information content (AvgIpc) is 3.43. The molecule has 0 fully saturated rings. The molecule has 6 rings (SSSR count). The van der Waals surface area contributed by atoms with Crippen molar-refractivity contribution in [2.24, 2.45) is 0 Å². The van der Waals surface area contributed by atoms with Crippen molar-refractivity contribution >= 4 is 23.4 Å². The molecule has 2 atom stereocenters. The molecule has 0 spiro atoms. The molecule has 0 bridgehead atoms. The lowest BCUT2D eigenvalue weighted by Gasteiger charge is -2.40. The maximum atomic E-state index is 13.6. The molecule has 8 heteroatoms. The number of carbonyl (C=O) groups is 3. The molecule has 2 aliphatic heterocycles. The minimum Gasteiger partial charge on any atom is -0.493 e. The molecular weight excluding hydrogens is 458 g/mol. The fraction of sp³-hybridized carbons (Fsp3) is 0.250. The van der Waals surface area contributed by atoms with Gasteiger partial charge in [-0.25, -0.2) is 0 Å². The zero-order chi connectivity index (χ0) is 25.0. The Bertz CT molecular complexity index is 1420. The largest absolute Gasteiger partial charge is 0.493 e. The first-order valence-corrected chi connectivity index (χ1v) is 11.9. The second kappa shape index (κ2) is 8.41. The Hall–Kier alpha value is -4.33. The number of nitrogens with zero attached hydrogens (tertiary/aromatic N) is 2. The van der Waals surface area contributed by atoms with Crippen molar-refractivity contribution in [1.29, 1.82) is 0 Å². The Morgan fingerprint density at radius 3 is 2.39 bits per heavy atom. The number of rotatable bonds is 5. The Balaban J connectivity index is 1.30. The third-order valence-electron chi connectivity index (χ3n) is 7.26. The van der Waals surface area contributed by atoms with E-state index in [0.29, 0.717) is 28.3 Å². The number of hydrogen-bond acceptors (Lipinski definition) is 5. The van der Waals surface area contributed by atoms with Crippen molar-refractivity contribution in [2.75, 3.05) is 25.7 Å². The number of carbonyl (C=O) groups excluding carboxylic acids is 3. The average molecular weight is 484 g/mol. The van der Waals surface area contributed by atoms with Gasteiger partial charge in [0.2, 0.25) is 5.91 Å². The molecule has 3 aliphatic rings. The van der Waals surface area contributed by atoms with Gasteiger partial charge in [0.05, 0.1) is 31.5 Å². The predicted molar refractivity (Wildman–Crippen MR) is 132 cm³/mol. The number of amides is 3. The summed E-state index contributed by atoms with van der Waals surface area (Å²) in [5.74, 6) is 0.533. The number of fused-ring (bicyclic) bond motifs is 6. The molecule has 3 aromatic carbocycles. The number of nitrogens with one attached hydrogen (secondary N) is 1. The van der Waals surface area contributed by atoms with Crippen LogP contribution in [0.3, 0.4) is 0 Å². The van der Waals surface area contributed by atoms with E-state index in [1.165, 1.54) is 4.90 Å². The van der Waals surface area contributed by atoms with Gasteiger partial charge in [-0.1, -0.05) is 30.3 Å². The fourth-order valence-electron chi connectivity index (χ4n) is 5.61. The summed E-state index contributed by atoms with van der Waals surface area (Å²) in [6, 6.07) is 18.0. The lowest BCUT2D eigenvalue weighted by atomic mass is 10.0. The molecule has 0 saturated carbocycles. The maximum Gasteiger partial charge on any atom is 0.260 e. The van der Waals surface area contributed by atoms with Crippen LogP contribution < -0.4 is 19.7 Å². The first-order chi connectivity index (χ1) is 17.5. The van der Waals surface area contributed by atoms with Gasteiger partial charge in [0.25, 0.3) is 11.8 Å². The number of para-hydroxylation sites is 1. The minimum absolute atomic E-state index is 0.172. The Labute approximate surface area is 208 Å². The Morgan fingerprint density at radius 2 is 1.61 bits per heavy atom. The standard InChI is InChI=1S/C28H25N3O5/c1-35-23-13-16-11-12-21(20(16)14-24(23)36-2)29-25(32)15-30-26-17-7-3-4-8-18(17)28(34)31(26)22-10-6-5-9-19(22)27(30)33/h3-10,13-14,21,26H,11-12,15H2,1-2H3,(H,29,32). The van der Waals surface area contributed by atoms with Crippen molar-refractivity contribution in [2.45, 2.75) is 25.0 Å². The molecule has 36 heavy (non-hydrogen) atoms. The summed E-state index contributed by atoms with van der Waals surface area (Å²) in [6.45, 7) is -0.172. The van der Waals surface area contributed by atoms with Gasteiger partial charge in [-0.15, -0.1) is 0 Å². The van der Waals surface area contributed by atoms with E-state index in [9.17, 15) is 14.4 Å². The summed E-state index contributed by atoms with van der Waals surface area (Å²) < 4.78 is 10.9. The van der Waals surface area contributed by atoms with Crippen molar-refractivity contribution in [1.82, 2.24) is 10.2 Å². The van der Waals surface area contributed by atoms with Crippen LogP contribution in [-0.2, 0) is 11.2 Å². The first kappa shape index (κ1) is 22.2. The molecule has 0 saturated heterocycles. The summed E-state index contributed by atoms with van der Waals surface area (Å²) in [6.07, 6.45) is 0.877. The number of benzene rings is 3. The van der Waals surface area contributed by atoms with E-state index < -0.39 is 6.17 Å². The topological polar surface area (TPSA) is 88.2 Å². The van der Waals surface area contributed by atoms with Gasteiger partial charge < -0.3 is 19.7 Å². The molecule has 2 unspecified atom stereocenters. The summed E-state index contributed by atoms with van der Waals surface area (Å²) in [5, 5.41) is 3.10. The highest BCUT2D eigenvalue weighted by molar-refractivity contribution is 6.17. The van der Waals surface area contributed by atoms with E-state index >= 15 is 0 Å². The van der Waals surface area contributed by atoms with Gasteiger partial charge in [0, 0.05) is 11.1 Å². The SMILES string of the molecule is COc1cc2c(cc1OC)C(NC(=O)CN1C(=O)c3ccccc3N3C(=O)c4ccccc4C13)CC2. The highest BCUT2D eigenvalue weighted by Crippen LogP contribution is 2.45. The zero-order valence-electron chi connectivity index (χ0n) is 20.0. The van der Waals surface area contributed by atoms with Crippen LogP contribution >= 0.6 is 0 Å². The van der Waals surface area contributed by atoms with E-state index in [1.54, 1.807) is 49.5 Å². The van der Waals surface area contributed by atoms with Gasteiger partial charge in [0.1, 0.15) is 12.7 Å². The zero-order valence-corrected chi connectivity index (χ0v) is 20.0. The lowest BCUT2D eigenvalue weighted by Crippen LogP contribution is -2.51. The second-order valence-corrected chi connectivity index (χ2v) is 9.15. The van der Waals surface area contributed by atoms with E-state index in [1.807, 2.05) is 30.3 Å². The van der Waals surface area contributed by atoms with E-state index in [0.717, 1.165) is 29.5 Å². The predicted octanol–water partition coefficient (Wildman–Crippen LogP) is 3.62. The van der Waals surface area contributed by atoms with Crippen LogP contribution in [0.25, 0.3) is 0 Å². The molecule has 8 nitrogen and oxygen atoms in total. The number of hydrogen-bond donors (Lipinski definition) is 1. The molecule has 1 N–H and O–H groups in total. The number of methoxy groups -OCH3 is 2. The molecule has 3 amide bonds. The molecule has 182 valence electrons. The van der Waals surface area contributed by atoms with Crippen LogP contribution in [0.5, 0.6) is 11.5 Å². The van der Waals surface area contributed by atoms with Crippen LogP contribution in [0.1, 0.15) is 56.0 Å². The Morgan fingerprint density at radius 1 is 0.917 bits per heavy atom. The smallest absolute Gasteiger partial charge is 0.260 e. The van der Waals surface area contributed by atoms with Gasteiger partial charge in [-0.05, 0) is 54.3 Å². The minimum atomic E-state index is -0.665. The molecule has 0 aromatic heterocycles. The van der Waals surface area contributed by atoms with E-state index in [2.05, 4.69) is 5.32 Å². The van der Waals surface area contributed by atoms with Crippen molar-refractivity contribution in [3.63, 3.8) is 0 Å². The van der Waals surface area contributed by atoms with E-state index in [4.69, 9.17) is 9.47 Å². The molecular formula is C28H25N3O5. The van der Waals surface area contributed by atoms with Crippen LogP contribution in [0.4, 0.5) is 5.69 Å². The second-order valence-electron chi connectivity index (χ2n) is 9.15.